The molecule has 15 heavy (non-hydrogen) atoms. The Hall–Kier alpha value is -0.810. The molecule has 0 N–H and O–H groups in total. The standard InChI is InChI=1S/C10H11BrO3S/c1-4-7-9(15(3,12)13)6-5-8(11)10(7)14-2/h4-6H,1H2,2-3H3. The van der Waals surface area contributed by atoms with Gasteiger partial charge in [-0.2, -0.15) is 0 Å². The van der Waals surface area contributed by atoms with E-state index in [0.717, 1.165) is 6.26 Å². The van der Waals surface area contributed by atoms with Crippen LogP contribution in [0.1, 0.15) is 5.56 Å². The van der Waals surface area contributed by atoms with Gasteiger partial charge in [-0.3, -0.25) is 0 Å². The molecule has 0 aliphatic heterocycles. The topological polar surface area (TPSA) is 43.4 Å². The summed E-state index contributed by atoms with van der Waals surface area (Å²) in [5.41, 5.74) is 0.481. The number of halogens is 1. The van der Waals surface area contributed by atoms with E-state index in [9.17, 15) is 8.42 Å². The summed E-state index contributed by atoms with van der Waals surface area (Å²) < 4.78 is 28.8. The second-order valence-electron chi connectivity index (χ2n) is 2.97. The predicted octanol–water partition coefficient (Wildman–Crippen LogP) is 2.50. The van der Waals surface area contributed by atoms with Crippen LogP contribution in [0.3, 0.4) is 0 Å². The molecular formula is C10H11BrO3S. The zero-order valence-electron chi connectivity index (χ0n) is 8.45. The minimum absolute atomic E-state index is 0.220. The maximum Gasteiger partial charge on any atom is 0.176 e. The minimum atomic E-state index is -3.27. The van der Waals surface area contributed by atoms with E-state index < -0.39 is 9.84 Å². The lowest BCUT2D eigenvalue weighted by Gasteiger charge is -2.11. The summed E-state index contributed by atoms with van der Waals surface area (Å²) in [4.78, 5) is 0.220. The quantitative estimate of drug-likeness (QED) is 0.859. The van der Waals surface area contributed by atoms with Gasteiger partial charge in [0.1, 0.15) is 5.75 Å². The zero-order chi connectivity index (χ0) is 11.6. The summed E-state index contributed by atoms with van der Waals surface area (Å²) in [5.74, 6) is 0.480. The van der Waals surface area contributed by atoms with Gasteiger partial charge in [0.25, 0.3) is 0 Å². The Morgan fingerprint density at radius 2 is 2.07 bits per heavy atom. The predicted molar refractivity (Wildman–Crippen MR) is 63.9 cm³/mol. The maximum absolute atomic E-state index is 11.5. The highest BCUT2D eigenvalue weighted by atomic mass is 79.9. The monoisotopic (exact) mass is 290 g/mol. The third-order valence-electron chi connectivity index (χ3n) is 1.92. The van der Waals surface area contributed by atoms with Gasteiger partial charge in [0.15, 0.2) is 9.84 Å². The van der Waals surface area contributed by atoms with Gasteiger partial charge in [0, 0.05) is 11.8 Å². The normalized spacial score (nSPS) is 11.1. The summed E-state index contributed by atoms with van der Waals surface area (Å²) in [7, 11) is -1.78. The summed E-state index contributed by atoms with van der Waals surface area (Å²) >= 11 is 3.28. The van der Waals surface area contributed by atoms with Crippen molar-refractivity contribution in [3.63, 3.8) is 0 Å². The molecule has 0 saturated heterocycles. The smallest absolute Gasteiger partial charge is 0.176 e. The van der Waals surface area contributed by atoms with Gasteiger partial charge in [-0.15, -0.1) is 0 Å². The number of hydrogen-bond acceptors (Lipinski definition) is 3. The molecule has 1 rings (SSSR count). The summed E-state index contributed by atoms with van der Waals surface area (Å²) in [6.07, 6.45) is 2.63. The molecule has 0 aliphatic rings. The third-order valence-corrected chi connectivity index (χ3v) is 3.70. The summed E-state index contributed by atoms with van der Waals surface area (Å²) in [6.45, 7) is 3.59. The lowest BCUT2D eigenvalue weighted by Crippen LogP contribution is -2.02. The largest absolute Gasteiger partial charge is 0.495 e. The van der Waals surface area contributed by atoms with Crippen LogP contribution >= 0.6 is 15.9 Å². The number of rotatable bonds is 3. The van der Waals surface area contributed by atoms with Gasteiger partial charge < -0.3 is 4.74 Å². The lowest BCUT2D eigenvalue weighted by atomic mass is 10.2. The van der Waals surface area contributed by atoms with E-state index in [1.165, 1.54) is 19.3 Å². The fourth-order valence-electron chi connectivity index (χ4n) is 1.28. The third kappa shape index (κ3) is 2.41. The highest BCUT2D eigenvalue weighted by Crippen LogP contribution is 2.34. The van der Waals surface area contributed by atoms with Crippen LogP contribution in [0.25, 0.3) is 6.08 Å². The van der Waals surface area contributed by atoms with Gasteiger partial charge in [-0.1, -0.05) is 12.7 Å². The van der Waals surface area contributed by atoms with Crippen molar-refractivity contribution in [2.75, 3.05) is 13.4 Å². The van der Waals surface area contributed by atoms with Gasteiger partial charge in [0.05, 0.1) is 16.5 Å². The molecule has 3 nitrogen and oxygen atoms in total. The molecular weight excluding hydrogens is 280 g/mol. The second-order valence-corrected chi connectivity index (χ2v) is 5.81. The maximum atomic E-state index is 11.5. The van der Waals surface area contributed by atoms with Crippen LogP contribution in [-0.4, -0.2) is 21.8 Å². The second kappa shape index (κ2) is 4.37. The highest BCUT2D eigenvalue weighted by Gasteiger charge is 2.17. The van der Waals surface area contributed by atoms with E-state index in [0.29, 0.717) is 15.8 Å². The fourth-order valence-corrected chi connectivity index (χ4v) is 2.68. The Morgan fingerprint density at radius 1 is 1.47 bits per heavy atom. The van der Waals surface area contributed by atoms with E-state index in [1.807, 2.05) is 0 Å². The first-order valence-electron chi connectivity index (χ1n) is 4.10. The van der Waals surface area contributed by atoms with Gasteiger partial charge in [-0.05, 0) is 28.1 Å². The van der Waals surface area contributed by atoms with Crippen LogP contribution in [0.2, 0.25) is 0 Å². The number of benzene rings is 1. The van der Waals surface area contributed by atoms with E-state index in [4.69, 9.17) is 4.74 Å². The molecule has 1 aromatic carbocycles. The lowest BCUT2D eigenvalue weighted by molar-refractivity contribution is 0.409. The SMILES string of the molecule is C=Cc1c(S(C)(=O)=O)ccc(Br)c1OC. The van der Waals surface area contributed by atoms with Crippen molar-refractivity contribution in [3.8, 4) is 5.75 Å². The summed E-state index contributed by atoms with van der Waals surface area (Å²) in [5, 5.41) is 0. The van der Waals surface area contributed by atoms with Crippen molar-refractivity contribution in [1.29, 1.82) is 0 Å². The van der Waals surface area contributed by atoms with Gasteiger partial charge >= 0.3 is 0 Å². The molecule has 0 heterocycles. The van der Waals surface area contributed by atoms with Gasteiger partial charge in [-0.25, -0.2) is 8.42 Å². The van der Waals surface area contributed by atoms with E-state index in [-0.39, 0.29) is 4.90 Å². The molecule has 0 spiro atoms. The number of ether oxygens (including phenoxy) is 1. The molecule has 0 radical (unpaired) electrons. The number of hydrogen-bond donors (Lipinski definition) is 0. The van der Waals surface area contributed by atoms with Crippen molar-refractivity contribution in [2.24, 2.45) is 0 Å². The Bertz CT molecular complexity index is 492. The molecule has 5 heteroatoms. The molecule has 0 aliphatic carbocycles. The average molecular weight is 291 g/mol. The molecule has 0 saturated carbocycles. The molecule has 0 fully saturated rings. The van der Waals surface area contributed by atoms with Crippen LogP contribution in [-0.2, 0) is 9.84 Å². The first kappa shape index (κ1) is 12.3. The number of sulfone groups is 1. The molecule has 0 amide bonds. The van der Waals surface area contributed by atoms with Crippen LogP contribution in [0.5, 0.6) is 5.75 Å². The fraction of sp³-hybridized carbons (Fsp3) is 0.200. The van der Waals surface area contributed by atoms with Crippen LogP contribution < -0.4 is 4.74 Å². The van der Waals surface area contributed by atoms with Crippen molar-refractivity contribution in [2.45, 2.75) is 4.90 Å². The van der Waals surface area contributed by atoms with Gasteiger partial charge in [0.2, 0.25) is 0 Å². The molecule has 0 atom stereocenters. The van der Waals surface area contributed by atoms with Crippen LogP contribution in [0, 0.1) is 0 Å². The van der Waals surface area contributed by atoms with Crippen LogP contribution in [0.15, 0.2) is 28.1 Å². The minimum Gasteiger partial charge on any atom is -0.495 e. The molecule has 0 bridgehead atoms. The Balaban J connectivity index is 3.64. The first-order chi connectivity index (χ1) is 6.91. The Labute approximate surface area is 97.8 Å². The van der Waals surface area contributed by atoms with E-state index in [2.05, 4.69) is 22.5 Å². The van der Waals surface area contributed by atoms with Crippen molar-refractivity contribution in [3.05, 3.63) is 28.7 Å². The molecule has 82 valence electrons. The van der Waals surface area contributed by atoms with E-state index in [1.54, 1.807) is 6.07 Å². The van der Waals surface area contributed by atoms with Crippen molar-refractivity contribution < 1.29 is 13.2 Å². The Kier molecular flexibility index (Phi) is 3.57. The van der Waals surface area contributed by atoms with Crippen molar-refractivity contribution in [1.82, 2.24) is 0 Å². The van der Waals surface area contributed by atoms with E-state index >= 15 is 0 Å². The highest BCUT2D eigenvalue weighted by molar-refractivity contribution is 9.10. The number of methoxy groups -OCH3 is 1. The molecule has 0 unspecified atom stereocenters. The zero-order valence-corrected chi connectivity index (χ0v) is 10.9. The average Bonchev–Trinajstić information content (AvgIpc) is 2.15. The van der Waals surface area contributed by atoms with Crippen molar-refractivity contribution >= 4 is 31.8 Å². The molecule has 0 aromatic heterocycles. The molecule has 1 aromatic rings. The Morgan fingerprint density at radius 3 is 2.47 bits per heavy atom. The first-order valence-corrected chi connectivity index (χ1v) is 6.79. The van der Waals surface area contributed by atoms with Crippen LogP contribution in [0.4, 0.5) is 0 Å². The summed E-state index contributed by atoms with van der Waals surface area (Å²) in [6, 6.07) is 3.17.